The van der Waals surface area contributed by atoms with Crippen molar-refractivity contribution in [2.24, 2.45) is 0 Å². The first kappa shape index (κ1) is 25.3. The van der Waals surface area contributed by atoms with Gasteiger partial charge in [-0.2, -0.15) is 0 Å². The molecule has 0 heterocycles. The van der Waals surface area contributed by atoms with Gasteiger partial charge in [0, 0.05) is 19.5 Å². The van der Waals surface area contributed by atoms with Gasteiger partial charge < -0.3 is 25.4 Å². The summed E-state index contributed by atoms with van der Waals surface area (Å²) in [6.07, 6.45) is 0.985. The molecule has 168 valence electrons. The van der Waals surface area contributed by atoms with E-state index in [2.05, 4.69) is 16.0 Å². The molecule has 3 N–H and O–H groups in total. The van der Waals surface area contributed by atoms with Crippen molar-refractivity contribution in [3.8, 4) is 5.75 Å². The van der Waals surface area contributed by atoms with Crippen LogP contribution in [0.2, 0.25) is 0 Å². The Hall–Kier alpha value is -2.77. The molecule has 1 aromatic carbocycles. The molecule has 0 aliphatic rings. The van der Waals surface area contributed by atoms with Crippen LogP contribution in [0, 0.1) is 13.8 Å². The zero-order chi connectivity index (χ0) is 22.6. The summed E-state index contributed by atoms with van der Waals surface area (Å²) in [6, 6.07) is 5.99. The van der Waals surface area contributed by atoms with Crippen LogP contribution in [-0.4, -0.2) is 49.7 Å². The average Bonchev–Trinajstić information content (AvgIpc) is 2.63. The molecule has 1 aromatic rings. The van der Waals surface area contributed by atoms with E-state index in [-0.39, 0.29) is 18.4 Å². The molecule has 0 bridgehead atoms. The van der Waals surface area contributed by atoms with Crippen molar-refractivity contribution in [1.82, 2.24) is 16.0 Å². The lowest BCUT2D eigenvalue weighted by atomic mass is 10.1. The predicted molar refractivity (Wildman–Crippen MR) is 116 cm³/mol. The highest BCUT2D eigenvalue weighted by atomic mass is 16.6. The SMILES string of the molecule is Cc1cccc(C)c1OCCCC(=O)NCCCNC(=O)CNC(=O)OC(C)(C)C. The summed E-state index contributed by atoms with van der Waals surface area (Å²) in [5.41, 5.74) is 1.57. The minimum absolute atomic E-state index is 0.0435. The number of hydrogen-bond donors (Lipinski definition) is 3. The van der Waals surface area contributed by atoms with Crippen LogP contribution < -0.4 is 20.7 Å². The molecule has 3 amide bonds. The second-order valence-corrected chi connectivity index (χ2v) is 8.08. The Morgan fingerprint density at radius 2 is 1.50 bits per heavy atom. The third-order valence-corrected chi connectivity index (χ3v) is 3.99. The number of alkyl carbamates (subject to hydrolysis) is 1. The van der Waals surface area contributed by atoms with Gasteiger partial charge in [-0.05, 0) is 58.6 Å². The molecule has 1 rings (SSSR count). The molecule has 0 atom stereocenters. The Morgan fingerprint density at radius 3 is 2.10 bits per heavy atom. The van der Waals surface area contributed by atoms with Crippen LogP contribution in [0.15, 0.2) is 18.2 Å². The average molecular weight is 422 g/mol. The van der Waals surface area contributed by atoms with Crippen molar-refractivity contribution in [1.29, 1.82) is 0 Å². The van der Waals surface area contributed by atoms with Crippen molar-refractivity contribution in [2.75, 3.05) is 26.2 Å². The minimum Gasteiger partial charge on any atom is -0.493 e. The molecule has 0 radical (unpaired) electrons. The largest absolute Gasteiger partial charge is 0.493 e. The van der Waals surface area contributed by atoms with Gasteiger partial charge in [-0.1, -0.05) is 18.2 Å². The maximum atomic E-state index is 11.9. The first-order chi connectivity index (χ1) is 14.1. The zero-order valence-corrected chi connectivity index (χ0v) is 18.7. The molecule has 8 nitrogen and oxygen atoms in total. The Kier molecular flexibility index (Phi) is 10.7. The number of hydrogen-bond acceptors (Lipinski definition) is 5. The van der Waals surface area contributed by atoms with Crippen molar-refractivity contribution < 1.29 is 23.9 Å². The van der Waals surface area contributed by atoms with E-state index in [4.69, 9.17) is 9.47 Å². The highest BCUT2D eigenvalue weighted by molar-refractivity contribution is 5.82. The summed E-state index contributed by atoms with van der Waals surface area (Å²) in [5.74, 6) is 0.531. The van der Waals surface area contributed by atoms with E-state index >= 15 is 0 Å². The molecular weight excluding hydrogens is 386 g/mol. The third-order valence-electron chi connectivity index (χ3n) is 3.99. The van der Waals surface area contributed by atoms with E-state index in [1.54, 1.807) is 20.8 Å². The van der Waals surface area contributed by atoms with Gasteiger partial charge in [-0.25, -0.2) is 4.79 Å². The monoisotopic (exact) mass is 421 g/mol. The molecule has 30 heavy (non-hydrogen) atoms. The number of amides is 3. The lowest BCUT2D eigenvalue weighted by molar-refractivity contribution is -0.121. The van der Waals surface area contributed by atoms with Gasteiger partial charge in [0.15, 0.2) is 0 Å². The highest BCUT2D eigenvalue weighted by Crippen LogP contribution is 2.22. The van der Waals surface area contributed by atoms with E-state index in [1.807, 2.05) is 32.0 Å². The van der Waals surface area contributed by atoms with Crippen molar-refractivity contribution in [3.05, 3.63) is 29.3 Å². The lowest BCUT2D eigenvalue weighted by Crippen LogP contribution is -2.40. The maximum Gasteiger partial charge on any atom is 0.408 e. The number of ether oxygens (including phenoxy) is 2. The highest BCUT2D eigenvalue weighted by Gasteiger charge is 2.16. The van der Waals surface area contributed by atoms with Crippen LogP contribution in [0.4, 0.5) is 4.79 Å². The number of carbonyl (C=O) groups is 3. The molecule has 0 aliphatic heterocycles. The number of nitrogens with one attached hydrogen (secondary N) is 3. The number of benzene rings is 1. The third kappa shape index (κ3) is 11.3. The van der Waals surface area contributed by atoms with Crippen LogP contribution in [-0.2, 0) is 14.3 Å². The smallest absolute Gasteiger partial charge is 0.408 e. The maximum absolute atomic E-state index is 11.9. The van der Waals surface area contributed by atoms with Crippen molar-refractivity contribution in [2.45, 2.75) is 59.5 Å². The first-order valence-electron chi connectivity index (χ1n) is 10.3. The van der Waals surface area contributed by atoms with Crippen LogP contribution in [0.25, 0.3) is 0 Å². The van der Waals surface area contributed by atoms with E-state index in [0.29, 0.717) is 39.0 Å². The second-order valence-electron chi connectivity index (χ2n) is 8.08. The molecule has 0 saturated carbocycles. The predicted octanol–water partition coefficient (Wildman–Crippen LogP) is 2.61. The summed E-state index contributed by atoms with van der Waals surface area (Å²) >= 11 is 0. The summed E-state index contributed by atoms with van der Waals surface area (Å²) in [7, 11) is 0. The first-order valence-corrected chi connectivity index (χ1v) is 10.3. The fraction of sp³-hybridized carbons (Fsp3) is 0.591. The Bertz CT molecular complexity index is 693. The fourth-order valence-corrected chi connectivity index (χ4v) is 2.60. The minimum atomic E-state index is -0.633. The lowest BCUT2D eigenvalue weighted by Gasteiger charge is -2.19. The molecular formula is C22H35N3O5. The van der Waals surface area contributed by atoms with Crippen molar-refractivity contribution in [3.63, 3.8) is 0 Å². The fourth-order valence-electron chi connectivity index (χ4n) is 2.60. The standard InChI is InChI=1S/C22H35N3O5/c1-16-9-6-10-17(2)20(16)29-14-7-11-18(26)23-12-8-13-24-19(27)15-25-21(28)30-22(3,4)5/h6,9-10H,7-8,11-15H2,1-5H3,(H,23,26)(H,24,27)(H,25,28). The van der Waals surface area contributed by atoms with Crippen LogP contribution in [0.5, 0.6) is 5.75 Å². The number of para-hydroxylation sites is 1. The molecule has 0 fully saturated rings. The molecule has 0 spiro atoms. The number of carbonyl (C=O) groups excluding carboxylic acids is 3. The molecule has 0 unspecified atom stereocenters. The van der Waals surface area contributed by atoms with Crippen molar-refractivity contribution >= 4 is 17.9 Å². The molecule has 0 aliphatic carbocycles. The van der Waals surface area contributed by atoms with Gasteiger partial charge in [0.2, 0.25) is 11.8 Å². The molecule has 0 aromatic heterocycles. The number of rotatable bonds is 11. The summed E-state index contributed by atoms with van der Waals surface area (Å²) in [6.45, 7) is 10.5. The quantitative estimate of drug-likeness (QED) is 0.476. The van der Waals surface area contributed by atoms with E-state index in [9.17, 15) is 14.4 Å². The number of aryl methyl sites for hydroxylation is 2. The van der Waals surface area contributed by atoms with Gasteiger partial charge in [0.1, 0.15) is 11.4 Å². The van der Waals surface area contributed by atoms with Gasteiger partial charge in [0.05, 0.1) is 13.2 Å². The van der Waals surface area contributed by atoms with Gasteiger partial charge in [-0.3, -0.25) is 9.59 Å². The van der Waals surface area contributed by atoms with E-state index in [1.165, 1.54) is 0 Å². The van der Waals surface area contributed by atoms with Crippen LogP contribution in [0.3, 0.4) is 0 Å². The molecule has 8 heteroatoms. The Morgan fingerprint density at radius 1 is 0.900 bits per heavy atom. The van der Waals surface area contributed by atoms with Gasteiger partial charge in [0.25, 0.3) is 0 Å². The van der Waals surface area contributed by atoms with Crippen LogP contribution in [0.1, 0.15) is 51.2 Å². The van der Waals surface area contributed by atoms with E-state index in [0.717, 1.165) is 16.9 Å². The Labute approximate surface area is 179 Å². The Balaban J connectivity index is 2.05. The summed E-state index contributed by atoms with van der Waals surface area (Å²) in [5, 5.41) is 7.88. The van der Waals surface area contributed by atoms with Crippen LogP contribution >= 0.6 is 0 Å². The second kappa shape index (κ2) is 12.7. The summed E-state index contributed by atoms with van der Waals surface area (Å²) < 4.78 is 10.8. The van der Waals surface area contributed by atoms with E-state index < -0.39 is 11.7 Å². The molecule has 0 saturated heterocycles. The van der Waals surface area contributed by atoms with Gasteiger partial charge >= 0.3 is 6.09 Å². The van der Waals surface area contributed by atoms with Gasteiger partial charge in [-0.15, -0.1) is 0 Å². The summed E-state index contributed by atoms with van der Waals surface area (Å²) in [4.78, 5) is 35.0. The normalized spacial score (nSPS) is 10.8. The topological polar surface area (TPSA) is 106 Å². The zero-order valence-electron chi connectivity index (χ0n) is 18.7.